The highest BCUT2D eigenvalue weighted by Crippen LogP contribution is 2.35. The third-order valence-corrected chi connectivity index (χ3v) is 6.28. The Morgan fingerprint density at radius 1 is 1.08 bits per heavy atom. The van der Waals surface area contributed by atoms with E-state index in [-0.39, 0.29) is 0 Å². The molecule has 7 heteroatoms. The Labute approximate surface area is 156 Å². The van der Waals surface area contributed by atoms with Gasteiger partial charge in [-0.15, -0.1) is 0 Å². The second-order valence-electron chi connectivity index (χ2n) is 5.96. The minimum Gasteiger partial charge on any atom is -0.456 e. The highest BCUT2D eigenvalue weighted by atomic mass is 35.5. The topological polar surface area (TPSA) is 59.5 Å². The molecular weight excluding hydrogens is 372 g/mol. The lowest BCUT2D eigenvalue weighted by Gasteiger charge is -2.14. The van der Waals surface area contributed by atoms with Crippen LogP contribution in [-0.4, -0.2) is 17.7 Å². The van der Waals surface area contributed by atoms with E-state index in [2.05, 4.69) is 4.98 Å². The summed E-state index contributed by atoms with van der Waals surface area (Å²) < 4.78 is 32.7. The maximum atomic E-state index is 12.8. The molecule has 0 bridgehead atoms. The van der Waals surface area contributed by atoms with Crippen LogP contribution in [0.2, 0.25) is 5.02 Å². The van der Waals surface area contributed by atoms with Gasteiger partial charge in [0.05, 0.1) is 11.1 Å². The number of sulfonamides is 1. The molecule has 1 aliphatic heterocycles. The molecule has 26 heavy (non-hydrogen) atoms. The normalized spacial score (nSPS) is 15.6. The lowest BCUT2D eigenvalue weighted by atomic mass is 10.2. The number of aromatic nitrogens is 1. The van der Waals surface area contributed by atoms with Gasteiger partial charge in [0.2, 0.25) is 10.0 Å². The van der Waals surface area contributed by atoms with E-state index >= 15 is 0 Å². The summed E-state index contributed by atoms with van der Waals surface area (Å²) in [6, 6.07) is 15.8. The molecule has 0 unspecified atom stereocenters. The average molecular weight is 387 g/mol. The lowest BCUT2D eigenvalue weighted by molar-refractivity contribution is 0.419. The van der Waals surface area contributed by atoms with Crippen molar-refractivity contribution in [2.75, 3.05) is 0 Å². The number of fused-ring (bicyclic) bond motifs is 1. The second-order valence-corrected chi connectivity index (χ2v) is 8.30. The molecule has 4 rings (SSSR count). The number of benzene rings is 2. The number of pyridine rings is 1. The molecule has 0 saturated carbocycles. The van der Waals surface area contributed by atoms with Gasteiger partial charge in [0.25, 0.3) is 0 Å². The van der Waals surface area contributed by atoms with Crippen molar-refractivity contribution in [2.24, 2.45) is 0 Å². The first-order valence-corrected chi connectivity index (χ1v) is 9.79. The van der Waals surface area contributed by atoms with Crippen molar-refractivity contribution in [2.45, 2.75) is 18.0 Å². The van der Waals surface area contributed by atoms with Crippen LogP contribution >= 0.6 is 11.6 Å². The van der Waals surface area contributed by atoms with Gasteiger partial charge in [-0.2, -0.15) is 4.31 Å². The maximum Gasteiger partial charge on any atom is 0.244 e. The standard InChI is InChI=1S/C19H15ClN2O3S/c20-16-5-3-14(4-6-16)12-22-13-15-10-17(7-8-19(15)26(22,23)24)25-18-2-1-9-21-11-18/h1-11H,12-13H2. The van der Waals surface area contributed by atoms with Crippen molar-refractivity contribution in [1.29, 1.82) is 0 Å². The van der Waals surface area contributed by atoms with Gasteiger partial charge >= 0.3 is 0 Å². The van der Waals surface area contributed by atoms with E-state index in [1.165, 1.54) is 4.31 Å². The first-order chi connectivity index (χ1) is 12.5. The fourth-order valence-electron chi connectivity index (χ4n) is 2.89. The molecular formula is C19H15ClN2O3S. The van der Waals surface area contributed by atoms with Gasteiger partial charge < -0.3 is 4.74 Å². The van der Waals surface area contributed by atoms with E-state index in [0.717, 1.165) is 11.1 Å². The Balaban J connectivity index is 1.58. The SMILES string of the molecule is O=S1(=O)c2ccc(Oc3cccnc3)cc2CN1Cc1ccc(Cl)cc1. The van der Waals surface area contributed by atoms with Crippen LogP contribution in [-0.2, 0) is 23.1 Å². The first kappa shape index (κ1) is 17.0. The number of rotatable bonds is 4. The summed E-state index contributed by atoms with van der Waals surface area (Å²) in [7, 11) is -3.51. The molecule has 3 aromatic rings. The molecule has 0 saturated heterocycles. The smallest absolute Gasteiger partial charge is 0.244 e. The van der Waals surface area contributed by atoms with E-state index in [4.69, 9.17) is 16.3 Å². The zero-order chi connectivity index (χ0) is 18.1. The lowest BCUT2D eigenvalue weighted by Crippen LogP contribution is -2.23. The van der Waals surface area contributed by atoms with Crippen molar-refractivity contribution in [3.05, 3.63) is 83.1 Å². The van der Waals surface area contributed by atoms with Crippen LogP contribution in [0.15, 0.2) is 71.9 Å². The third-order valence-electron chi connectivity index (χ3n) is 4.14. The zero-order valence-corrected chi connectivity index (χ0v) is 15.2. The highest BCUT2D eigenvalue weighted by molar-refractivity contribution is 7.89. The molecule has 0 aliphatic carbocycles. The Kier molecular flexibility index (Phi) is 4.40. The molecule has 0 radical (unpaired) electrons. The summed E-state index contributed by atoms with van der Waals surface area (Å²) in [5, 5.41) is 0.624. The molecule has 0 amide bonds. The Hall–Kier alpha value is -2.41. The molecule has 0 fully saturated rings. The largest absolute Gasteiger partial charge is 0.456 e. The molecule has 5 nitrogen and oxygen atoms in total. The van der Waals surface area contributed by atoms with E-state index in [0.29, 0.717) is 34.5 Å². The number of halogens is 1. The van der Waals surface area contributed by atoms with Crippen LogP contribution in [0.3, 0.4) is 0 Å². The molecule has 1 aromatic heterocycles. The summed E-state index contributed by atoms with van der Waals surface area (Å²) in [5.74, 6) is 1.19. The molecule has 132 valence electrons. The molecule has 0 atom stereocenters. The van der Waals surface area contributed by atoms with Gasteiger partial charge in [-0.3, -0.25) is 4.98 Å². The van der Waals surface area contributed by atoms with E-state index in [1.807, 2.05) is 12.1 Å². The van der Waals surface area contributed by atoms with Gasteiger partial charge in [0, 0.05) is 24.3 Å². The monoisotopic (exact) mass is 386 g/mol. The van der Waals surface area contributed by atoms with Crippen molar-refractivity contribution < 1.29 is 13.2 Å². The van der Waals surface area contributed by atoms with E-state index < -0.39 is 10.0 Å². The molecule has 0 N–H and O–H groups in total. The Bertz CT molecular complexity index is 1040. The van der Waals surface area contributed by atoms with Gasteiger partial charge in [-0.25, -0.2) is 8.42 Å². The van der Waals surface area contributed by atoms with Crippen molar-refractivity contribution >= 4 is 21.6 Å². The number of ether oxygens (including phenoxy) is 1. The quantitative estimate of drug-likeness (QED) is 0.673. The fourth-order valence-corrected chi connectivity index (χ4v) is 4.61. The minimum atomic E-state index is -3.51. The van der Waals surface area contributed by atoms with Gasteiger partial charge in [-0.1, -0.05) is 23.7 Å². The maximum absolute atomic E-state index is 12.8. The third kappa shape index (κ3) is 3.31. The first-order valence-electron chi connectivity index (χ1n) is 7.98. The van der Waals surface area contributed by atoms with Crippen LogP contribution in [0.25, 0.3) is 0 Å². The Morgan fingerprint density at radius 3 is 2.62 bits per heavy atom. The van der Waals surface area contributed by atoms with Gasteiger partial charge in [0.1, 0.15) is 11.5 Å². The van der Waals surface area contributed by atoms with Crippen LogP contribution < -0.4 is 4.74 Å². The molecule has 2 heterocycles. The molecule has 0 spiro atoms. The number of hydrogen-bond acceptors (Lipinski definition) is 4. The van der Waals surface area contributed by atoms with Crippen LogP contribution in [0.5, 0.6) is 11.5 Å². The zero-order valence-electron chi connectivity index (χ0n) is 13.7. The Morgan fingerprint density at radius 2 is 1.88 bits per heavy atom. The predicted octanol–water partition coefficient (Wildman–Crippen LogP) is 4.23. The van der Waals surface area contributed by atoms with Crippen LogP contribution in [0.1, 0.15) is 11.1 Å². The van der Waals surface area contributed by atoms with Crippen LogP contribution in [0, 0.1) is 0 Å². The number of nitrogens with zero attached hydrogens (tertiary/aromatic N) is 2. The summed E-state index contributed by atoms with van der Waals surface area (Å²) in [6.07, 6.45) is 3.27. The fraction of sp³-hybridized carbons (Fsp3) is 0.105. The van der Waals surface area contributed by atoms with E-state index in [1.54, 1.807) is 54.9 Å². The van der Waals surface area contributed by atoms with Crippen LogP contribution in [0.4, 0.5) is 0 Å². The van der Waals surface area contributed by atoms with Crippen molar-refractivity contribution in [3.63, 3.8) is 0 Å². The minimum absolute atomic E-state index is 0.299. The summed E-state index contributed by atoms with van der Waals surface area (Å²) in [5.41, 5.74) is 1.61. The average Bonchev–Trinajstić information content (AvgIpc) is 2.88. The van der Waals surface area contributed by atoms with Gasteiger partial charge in [-0.05, 0) is 53.6 Å². The second kappa shape index (κ2) is 6.72. The summed E-state index contributed by atoms with van der Waals surface area (Å²) in [4.78, 5) is 4.33. The van der Waals surface area contributed by atoms with Gasteiger partial charge in [0.15, 0.2) is 0 Å². The number of hydrogen-bond donors (Lipinski definition) is 0. The van der Waals surface area contributed by atoms with Crippen molar-refractivity contribution in [1.82, 2.24) is 9.29 Å². The molecule has 2 aromatic carbocycles. The van der Waals surface area contributed by atoms with Crippen molar-refractivity contribution in [3.8, 4) is 11.5 Å². The summed E-state index contributed by atoms with van der Waals surface area (Å²) >= 11 is 5.89. The summed E-state index contributed by atoms with van der Waals surface area (Å²) in [6.45, 7) is 0.609. The van der Waals surface area contributed by atoms with E-state index in [9.17, 15) is 8.42 Å². The highest BCUT2D eigenvalue weighted by Gasteiger charge is 2.34. The molecule has 1 aliphatic rings. The predicted molar refractivity (Wildman–Crippen MR) is 98.6 cm³/mol.